The number of aliphatic imine (C=N–C) groups is 1. The molecule has 30 heavy (non-hydrogen) atoms. The van der Waals surface area contributed by atoms with Gasteiger partial charge in [0.2, 0.25) is 0 Å². The number of aryl methyl sites for hydroxylation is 3. The minimum absolute atomic E-state index is 0.275. The second-order valence-electron chi connectivity index (χ2n) is 7.19. The molecule has 0 bridgehead atoms. The fourth-order valence-corrected chi connectivity index (χ4v) is 3.25. The van der Waals surface area contributed by atoms with Crippen LogP contribution >= 0.6 is 11.6 Å². The van der Waals surface area contributed by atoms with Crippen LogP contribution in [0, 0.1) is 13.8 Å². The van der Waals surface area contributed by atoms with Crippen LogP contribution in [0.15, 0.2) is 71.7 Å². The van der Waals surface area contributed by atoms with Gasteiger partial charge in [0.1, 0.15) is 0 Å². The van der Waals surface area contributed by atoms with Gasteiger partial charge in [-0.1, -0.05) is 61.3 Å². The van der Waals surface area contributed by atoms with E-state index in [1.54, 1.807) is 18.2 Å². The summed E-state index contributed by atoms with van der Waals surface area (Å²) in [6.45, 7) is 8.18. The molecule has 0 aliphatic heterocycles. The zero-order valence-electron chi connectivity index (χ0n) is 17.9. The summed E-state index contributed by atoms with van der Waals surface area (Å²) < 4.78 is 0. The van der Waals surface area contributed by atoms with Crippen LogP contribution in [-0.4, -0.2) is 16.8 Å². The van der Waals surface area contributed by atoms with E-state index < -0.39 is 5.97 Å². The SMILES string of the molecule is CC(=Nc1ccccc1C)c1cccc(C(=O)O)c1.CCCc1ccc(Cl)cc1C. The molecule has 0 heterocycles. The van der Waals surface area contributed by atoms with Crippen LogP contribution in [0.4, 0.5) is 5.69 Å². The van der Waals surface area contributed by atoms with E-state index in [1.807, 2.05) is 56.3 Å². The molecule has 0 saturated carbocycles. The van der Waals surface area contributed by atoms with Crippen molar-refractivity contribution in [2.75, 3.05) is 0 Å². The Morgan fingerprint density at radius 2 is 1.63 bits per heavy atom. The van der Waals surface area contributed by atoms with E-state index in [0.717, 1.165) is 34.0 Å². The highest BCUT2D eigenvalue weighted by atomic mass is 35.5. The molecule has 0 saturated heterocycles. The van der Waals surface area contributed by atoms with Crippen molar-refractivity contribution in [2.45, 2.75) is 40.5 Å². The molecule has 3 aromatic rings. The molecule has 0 amide bonds. The average molecular weight is 422 g/mol. The normalized spacial score (nSPS) is 10.9. The number of para-hydroxylation sites is 1. The Hall–Kier alpha value is -2.91. The van der Waals surface area contributed by atoms with Crippen LogP contribution in [0.25, 0.3) is 0 Å². The minimum Gasteiger partial charge on any atom is -0.478 e. The molecule has 0 radical (unpaired) electrons. The summed E-state index contributed by atoms with van der Waals surface area (Å²) in [5.74, 6) is -0.925. The number of carboxylic acid groups (broad SMARTS) is 1. The molecule has 0 aliphatic rings. The van der Waals surface area contributed by atoms with Gasteiger partial charge in [-0.25, -0.2) is 4.79 Å². The van der Waals surface area contributed by atoms with E-state index in [9.17, 15) is 4.79 Å². The lowest BCUT2D eigenvalue weighted by Crippen LogP contribution is -2.00. The first-order valence-corrected chi connectivity index (χ1v) is 10.4. The smallest absolute Gasteiger partial charge is 0.335 e. The van der Waals surface area contributed by atoms with Crippen LogP contribution in [0.5, 0.6) is 0 Å². The minimum atomic E-state index is -0.925. The standard InChI is InChI=1S/C16H15NO2.C10H13Cl/c1-11-6-3-4-9-15(11)17-12(2)13-7-5-8-14(10-13)16(18)19;1-3-4-9-5-6-10(11)7-8(9)2/h3-10H,1-2H3,(H,18,19);5-7H,3-4H2,1-2H3. The molecule has 3 nitrogen and oxygen atoms in total. The summed E-state index contributed by atoms with van der Waals surface area (Å²) >= 11 is 5.82. The van der Waals surface area contributed by atoms with Gasteiger partial charge in [0, 0.05) is 10.7 Å². The summed E-state index contributed by atoms with van der Waals surface area (Å²) in [6.07, 6.45) is 2.35. The molecule has 3 rings (SSSR count). The summed E-state index contributed by atoms with van der Waals surface area (Å²) in [5, 5.41) is 9.82. The maximum Gasteiger partial charge on any atom is 0.335 e. The van der Waals surface area contributed by atoms with Crippen LogP contribution in [0.1, 0.15) is 52.9 Å². The molecule has 3 aromatic carbocycles. The van der Waals surface area contributed by atoms with Crippen molar-refractivity contribution in [3.63, 3.8) is 0 Å². The van der Waals surface area contributed by atoms with Gasteiger partial charge in [-0.05, 0) is 79.8 Å². The molecule has 0 fully saturated rings. The Morgan fingerprint density at radius 1 is 0.933 bits per heavy atom. The third-order valence-electron chi connectivity index (χ3n) is 4.75. The fourth-order valence-electron chi connectivity index (χ4n) is 3.02. The fraction of sp³-hybridized carbons (Fsp3) is 0.231. The van der Waals surface area contributed by atoms with Crippen molar-refractivity contribution in [1.29, 1.82) is 0 Å². The lowest BCUT2D eigenvalue weighted by Gasteiger charge is -2.04. The molecule has 0 atom stereocenters. The highest BCUT2D eigenvalue weighted by Crippen LogP contribution is 2.19. The van der Waals surface area contributed by atoms with Gasteiger partial charge in [0.05, 0.1) is 11.3 Å². The maximum absolute atomic E-state index is 10.9. The highest BCUT2D eigenvalue weighted by molar-refractivity contribution is 6.30. The molecular formula is C26H28ClNO2. The van der Waals surface area contributed by atoms with Gasteiger partial charge in [0.25, 0.3) is 0 Å². The first-order valence-electron chi connectivity index (χ1n) is 10.0. The van der Waals surface area contributed by atoms with Crippen molar-refractivity contribution in [1.82, 2.24) is 0 Å². The van der Waals surface area contributed by atoms with Gasteiger partial charge in [-0.2, -0.15) is 0 Å². The quantitative estimate of drug-likeness (QED) is 0.435. The summed E-state index contributed by atoms with van der Waals surface area (Å²) in [6, 6.07) is 20.7. The van der Waals surface area contributed by atoms with E-state index >= 15 is 0 Å². The lowest BCUT2D eigenvalue weighted by molar-refractivity contribution is 0.0697. The van der Waals surface area contributed by atoms with Gasteiger partial charge in [-0.3, -0.25) is 4.99 Å². The van der Waals surface area contributed by atoms with Crippen LogP contribution in [0.3, 0.4) is 0 Å². The number of hydrogen-bond donors (Lipinski definition) is 1. The third-order valence-corrected chi connectivity index (χ3v) is 4.99. The van der Waals surface area contributed by atoms with E-state index in [4.69, 9.17) is 16.7 Å². The van der Waals surface area contributed by atoms with Crippen molar-refractivity contribution < 1.29 is 9.90 Å². The lowest BCUT2D eigenvalue weighted by atomic mass is 10.1. The van der Waals surface area contributed by atoms with Crippen molar-refractivity contribution in [3.8, 4) is 0 Å². The Kier molecular flexibility index (Phi) is 8.82. The number of carbonyl (C=O) groups is 1. The largest absolute Gasteiger partial charge is 0.478 e. The molecule has 0 spiro atoms. The summed E-state index contributed by atoms with van der Waals surface area (Å²) in [5.41, 5.74) is 6.62. The number of carboxylic acids is 1. The van der Waals surface area contributed by atoms with E-state index in [2.05, 4.69) is 24.9 Å². The Morgan fingerprint density at radius 3 is 2.27 bits per heavy atom. The topological polar surface area (TPSA) is 49.7 Å². The zero-order chi connectivity index (χ0) is 22.1. The number of hydrogen-bond acceptors (Lipinski definition) is 2. The van der Waals surface area contributed by atoms with E-state index in [0.29, 0.717) is 0 Å². The van der Waals surface area contributed by atoms with Gasteiger partial charge >= 0.3 is 5.97 Å². The van der Waals surface area contributed by atoms with Crippen LogP contribution < -0.4 is 0 Å². The Balaban J connectivity index is 0.000000248. The highest BCUT2D eigenvalue weighted by Gasteiger charge is 2.05. The predicted molar refractivity (Wildman–Crippen MR) is 127 cm³/mol. The van der Waals surface area contributed by atoms with Crippen LogP contribution in [0.2, 0.25) is 5.02 Å². The zero-order valence-corrected chi connectivity index (χ0v) is 18.7. The van der Waals surface area contributed by atoms with Crippen molar-refractivity contribution in [2.24, 2.45) is 4.99 Å². The number of rotatable bonds is 5. The summed E-state index contributed by atoms with van der Waals surface area (Å²) in [7, 11) is 0. The molecule has 4 heteroatoms. The average Bonchev–Trinajstić information content (AvgIpc) is 2.72. The number of nitrogens with zero attached hydrogens (tertiary/aromatic N) is 1. The monoisotopic (exact) mass is 421 g/mol. The van der Waals surface area contributed by atoms with Gasteiger partial charge in [-0.15, -0.1) is 0 Å². The molecule has 0 aliphatic carbocycles. The molecular weight excluding hydrogens is 394 g/mol. The second kappa shape index (κ2) is 11.3. The maximum atomic E-state index is 10.9. The molecule has 156 valence electrons. The van der Waals surface area contributed by atoms with E-state index in [-0.39, 0.29) is 5.56 Å². The van der Waals surface area contributed by atoms with E-state index in [1.165, 1.54) is 17.5 Å². The summed E-state index contributed by atoms with van der Waals surface area (Å²) in [4.78, 5) is 15.5. The van der Waals surface area contributed by atoms with Crippen LogP contribution in [-0.2, 0) is 6.42 Å². The first kappa shape index (κ1) is 23.4. The molecule has 0 unspecified atom stereocenters. The Labute approximate surface area is 184 Å². The molecule has 1 N–H and O–H groups in total. The van der Waals surface area contributed by atoms with Crippen molar-refractivity contribution in [3.05, 3.63) is 99.6 Å². The number of halogens is 1. The van der Waals surface area contributed by atoms with Crippen molar-refractivity contribution >= 4 is 29.0 Å². The third kappa shape index (κ3) is 6.85. The van der Waals surface area contributed by atoms with Gasteiger partial charge < -0.3 is 5.11 Å². The number of benzene rings is 3. The second-order valence-corrected chi connectivity index (χ2v) is 7.63. The first-order chi connectivity index (χ1) is 14.3. The predicted octanol–water partition coefficient (Wildman–Crippen LogP) is 7.43. The Bertz CT molecular complexity index is 1040. The number of aromatic carboxylic acids is 1. The molecule has 0 aromatic heterocycles. The van der Waals surface area contributed by atoms with Gasteiger partial charge in [0.15, 0.2) is 0 Å².